The molecule has 1 heterocycles. The number of aryl methyl sites for hydroxylation is 1. The lowest BCUT2D eigenvalue weighted by atomic mass is 10.2. The minimum Gasteiger partial charge on any atom is -0.501 e. The van der Waals surface area contributed by atoms with Crippen molar-refractivity contribution in [2.24, 2.45) is 4.99 Å². The summed E-state index contributed by atoms with van der Waals surface area (Å²) in [6.45, 7) is 1.60. The molecule has 0 saturated carbocycles. The van der Waals surface area contributed by atoms with Crippen molar-refractivity contribution >= 4 is 34.9 Å². The number of hydrogen-bond acceptors (Lipinski definition) is 7. The fraction of sp³-hybridized carbons (Fsp3) is 0.0588. The molecule has 0 amide bonds. The molecule has 0 aliphatic carbocycles. The summed E-state index contributed by atoms with van der Waals surface area (Å²) in [7, 11) is 0. The quantitative estimate of drug-likeness (QED) is 0.368. The summed E-state index contributed by atoms with van der Waals surface area (Å²) in [5.74, 6) is -0.844. The molecule has 0 unspecified atom stereocenters. The van der Waals surface area contributed by atoms with Crippen LogP contribution in [0.25, 0.3) is 5.69 Å². The molecule has 0 aliphatic rings. The molecule has 2 aromatic carbocycles. The standard InChI is InChI=1S/C17H12ClN5O6/c1-9-13(17(25)21(20-9)11-4-2-10(18)3-5-11)8-19-14-6-12(22(26)27)7-15(16(14)24)23(28)29/h2-8,20,24H,1H3. The molecule has 0 saturated heterocycles. The molecule has 3 rings (SSSR count). The van der Waals surface area contributed by atoms with Crippen molar-refractivity contribution in [3.63, 3.8) is 0 Å². The second-order valence-corrected chi connectivity index (χ2v) is 6.31. The van der Waals surface area contributed by atoms with Crippen LogP contribution in [0.15, 0.2) is 46.2 Å². The van der Waals surface area contributed by atoms with Crippen molar-refractivity contribution in [2.45, 2.75) is 6.92 Å². The molecule has 11 nitrogen and oxygen atoms in total. The van der Waals surface area contributed by atoms with Gasteiger partial charge in [-0.25, -0.2) is 4.68 Å². The number of benzene rings is 2. The Hall–Kier alpha value is -3.99. The Kier molecular flexibility index (Phi) is 5.15. The monoisotopic (exact) mass is 417 g/mol. The third-order valence-electron chi connectivity index (χ3n) is 4.00. The van der Waals surface area contributed by atoms with Crippen LogP contribution in [0.3, 0.4) is 0 Å². The predicted octanol–water partition coefficient (Wildman–Crippen LogP) is 3.40. The number of halogens is 1. The van der Waals surface area contributed by atoms with Gasteiger partial charge in [-0.2, -0.15) is 0 Å². The molecule has 1 aromatic heterocycles. The number of nitrogens with one attached hydrogen (secondary N) is 1. The lowest BCUT2D eigenvalue weighted by Crippen LogP contribution is -2.17. The molecule has 0 fully saturated rings. The van der Waals surface area contributed by atoms with Gasteiger partial charge in [0.2, 0.25) is 5.75 Å². The van der Waals surface area contributed by atoms with E-state index in [4.69, 9.17) is 11.6 Å². The van der Waals surface area contributed by atoms with Crippen LogP contribution in [-0.4, -0.2) is 30.9 Å². The third-order valence-corrected chi connectivity index (χ3v) is 4.25. The van der Waals surface area contributed by atoms with Crippen molar-refractivity contribution < 1.29 is 15.0 Å². The minimum absolute atomic E-state index is 0.105. The van der Waals surface area contributed by atoms with Gasteiger partial charge in [0.15, 0.2) is 0 Å². The van der Waals surface area contributed by atoms with E-state index in [1.54, 1.807) is 31.2 Å². The maximum absolute atomic E-state index is 12.7. The first-order chi connectivity index (χ1) is 13.7. The Balaban J connectivity index is 2.07. The van der Waals surface area contributed by atoms with Gasteiger partial charge < -0.3 is 5.11 Å². The van der Waals surface area contributed by atoms with Gasteiger partial charge in [-0.15, -0.1) is 0 Å². The summed E-state index contributed by atoms with van der Waals surface area (Å²) in [5, 5.41) is 35.4. The Morgan fingerprint density at radius 2 is 1.83 bits per heavy atom. The van der Waals surface area contributed by atoms with E-state index in [9.17, 15) is 30.1 Å². The number of aromatic amines is 1. The highest BCUT2D eigenvalue weighted by Gasteiger charge is 2.23. The molecule has 0 spiro atoms. The number of aromatic nitrogens is 2. The maximum atomic E-state index is 12.7. The Morgan fingerprint density at radius 1 is 1.17 bits per heavy atom. The van der Waals surface area contributed by atoms with E-state index in [1.165, 1.54) is 4.68 Å². The van der Waals surface area contributed by atoms with Crippen LogP contribution in [0.4, 0.5) is 17.1 Å². The number of H-pyrrole nitrogens is 1. The first kappa shape index (κ1) is 19.8. The van der Waals surface area contributed by atoms with Crippen LogP contribution in [0, 0.1) is 27.2 Å². The number of aromatic hydroxyl groups is 1. The average molecular weight is 418 g/mol. The van der Waals surface area contributed by atoms with Gasteiger partial charge in [-0.05, 0) is 31.2 Å². The zero-order valence-electron chi connectivity index (χ0n) is 14.7. The lowest BCUT2D eigenvalue weighted by molar-refractivity contribution is -0.394. The van der Waals surface area contributed by atoms with E-state index in [0.29, 0.717) is 22.5 Å². The van der Waals surface area contributed by atoms with Crippen molar-refractivity contribution in [1.82, 2.24) is 9.78 Å². The number of nitrogens with zero attached hydrogens (tertiary/aromatic N) is 4. The van der Waals surface area contributed by atoms with E-state index in [1.807, 2.05) is 0 Å². The van der Waals surface area contributed by atoms with Crippen LogP contribution in [-0.2, 0) is 0 Å². The van der Waals surface area contributed by atoms with Gasteiger partial charge in [-0.1, -0.05) is 11.6 Å². The number of phenolic OH excluding ortho intramolecular Hbond substituents is 1. The SMILES string of the molecule is Cc1[nH]n(-c2ccc(Cl)cc2)c(=O)c1C=Nc1cc([N+](=O)[O-])cc([N+](=O)[O-])c1O. The zero-order valence-corrected chi connectivity index (χ0v) is 15.5. The van der Waals surface area contributed by atoms with Crippen LogP contribution >= 0.6 is 11.6 Å². The summed E-state index contributed by atoms with van der Waals surface area (Å²) in [5.41, 5.74) is -1.34. The van der Waals surface area contributed by atoms with Gasteiger partial charge in [0, 0.05) is 23.0 Å². The molecule has 12 heteroatoms. The number of non-ortho nitro benzene ring substituents is 1. The molecular weight excluding hydrogens is 406 g/mol. The third kappa shape index (κ3) is 3.84. The highest BCUT2D eigenvalue weighted by molar-refractivity contribution is 6.30. The second kappa shape index (κ2) is 7.56. The molecule has 0 radical (unpaired) electrons. The van der Waals surface area contributed by atoms with Crippen LogP contribution in [0.2, 0.25) is 5.02 Å². The van der Waals surface area contributed by atoms with Crippen molar-refractivity contribution in [3.8, 4) is 11.4 Å². The summed E-state index contributed by atoms with van der Waals surface area (Å²) >= 11 is 5.84. The van der Waals surface area contributed by atoms with Gasteiger partial charge in [0.1, 0.15) is 5.69 Å². The Bertz CT molecular complexity index is 1210. The summed E-state index contributed by atoms with van der Waals surface area (Å²) in [6.07, 6.45) is 1.07. The van der Waals surface area contributed by atoms with E-state index >= 15 is 0 Å². The number of rotatable bonds is 5. The maximum Gasteiger partial charge on any atom is 0.319 e. The number of aliphatic imine (C=N–C) groups is 1. The first-order valence-corrected chi connectivity index (χ1v) is 8.34. The number of nitro benzene ring substituents is 2. The van der Waals surface area contributed by atoms with Gasteiger partial charge >= 0.3 is 5.69 Å². The van der Waals surface area contributed by atoms with E-state index < -0.39 is 38.2 Å². The van der Waals surface area contributed by atoms with E-state index in [2.05, 4.69) is 10.1 Å². The summed E-state index contributed by atoms with van der Waals surface area (Å²) in [4.78, 5) is 36.7. The molecule has 29 heavy (non-hydrogen) atoms. The topological polar surface area (TPSA) is 157 Å². The average Bonchev–Trinajstić information content (AvgIpc) is 2.95. The molecular formula is C17H12ClN5O6. The minimum atomic E-state index is -0.962. The highest BCUT2D eigenvalue weighted by Crippen LogP contribution is 2.39. The Labute approximate surface area is 166 Å². The van der Waals surface area contributed by atoms with Crippen LogP contribution in [0.5, 0.6) is 5.75 Å². The normalized spacial score (nSPS) is 11.1. The van der Waals surface area contributed by atoms with Crippen LogP contribution in [0.1, 0.15) is 11.3 Å². The predicted molar refractivity (Wildman–Crippen MR) is 105 cm³/mol. The van der Waals surface area contributed by atoms with Crippen molar-refractivity contribution in [1.29, 1.82) is 0 Å². The fourth-order valence-electron chi connectivity index (χ4n) is 2.55. The molecule has 0 atom stereocenters. The molecule has 2 N–H and O–H groups in total. The molecule has 0 bridgehead atoms. The van der Waals surface area contributed by atoms with Crippen LogP contribution < -0.4 is 5.56 Å². The smallest absolute Gasteiger partial charge is 0.319 e. The van der Waals surface area contributed by atoms with Gasteiger partial charge in [-0.3, -0.25) is 35.1 Å². The van der Waals surface area contributed by atoms with Crippen molar-refractivity contribution in [2.75, 3.05) is 0 Å². The first-order valence-electron chi connectivity index (χ1n) is 7.96. The number of phenols is 1. The van der Waals surface area contributed by atoms with Crippen molar-refractivity contribution in [3.05, 3.63) is 83.3 Å². The lowest BCUT2D eigenvalue weighted by Gasteiger charge is -2.01. The van der Waals surface area contributed by atoms with Gasteiger partial charge in [0.25, 0.3) is 11.2 Å². The van der Waals surface area contributed by atoms with E-state index in [-0.39, 0.29) is 5.56 Å². The highest BCUT2D eigenvalue weighted by atomic mass is 35.5. The largest absolute Gasteiger partial charge is 0.501 e. The second-order valence-electron chi connectivity index (χ2n) is 5.87. The molecule has 0 aliphatic heterocycles. The van der Waals surface area contributed by atoms with E-state index in [0.717, 1.165) is 12.3 Å². The number of hydrogen-bond donors (Lipinski definition) is 2. The molecule has 3 aromatic rings. The zero-order chi connectivity index (χ0) is 21.3. The van der Waals surface area contributed by atoms with Gasteiger partial charge in [0.05, 0.1) is 27.2 Å². The number of nitro groups is 2. The Morgan fingerprint density at radius 3 is 2.41 bits per heavy atom. The summed E-state index contributed by atoms with van der Waals surface area (Å²) < 4.78 is 1.24. The molecule has 148 valence electrons. The fourth-order valence-corrected chi connectivity index (χ4v) is 2.68. The summed E-state index contributed by atoms with van der Waals surface area (Å²) in [6, 6.07) is 7.95.